The molecule has 2 atom stereocenters. The summed E-state index contributed by atoms with van der Waals surface area (Å²) in [5.74, 6) is -0.162. The second-order valence-corrected chi connectivity index (χ2v) is 18.3. The molecule has 2 aliphatic heterocycles. The number of carbonyl (C=O) groups excluding carboxylic acids is 3. The lowest BCUT2D eigenvalue weighted by molar-refractivity contribution is 0.0588. The Labute approximate surface area is 280 Å². The van der Waals surface area contributed by atoms with E-state index < -0.39 is 32.6 Å². The molecule has 2 aromatic carbocycles. The third-order valence-corrected chi connectivity index (χ3v) is 13.7. The standard InChI is InChI=1S/C34H43BrN2O8Si/c1-10-11-43-33(40)37-26-17-29(44-20-23-13-22(18-35)14-24(15-23)32(39)42-7)28(41-6)16-25(26)30(38)36-19-21(2)12-27(36)31(37)45-46(8,9)34(3,4)5/h10,13-17,19,27,31H,1,11-12,18,20H2,2-9H3/t27-,31-/m0/s1. The van der Waals surface area contributed by atoms with Gasteiger partial charge in [-0.15, -0.1) is 0 Å². The van der Waals surface area contributed by atoms with Gasteiger partial charge in [-0.25, -0.2) is 14.5 Å². The number of esters is 1. The number of hydrogen-bond acceptors (Lipinski definition) is 8. The molecule has 2 aliphatic rings. The molecule has 0 aromatic heterocycles. The Morgan fingerprint density at radius 1 is 1.09 bits per heavy atom. The minimum absolute atomic E-state index is 0.0248. The average molecular weight is 716 g/mol. The average Bonchev–Trinajstić information content (AvgIpc) is 3.38. The summed E-state index contributed by atoms with van der Waals surface area (Å²) in [6.07, 6.45) is 2.32. The molecule has 0 saturated carbocycles. The van der Waals surface area contributed by atoms with E-state index in [0.717, 1.165) is 11.1 Å². The Morgan fingerprint density at radius 2 is 1.78 bits per heavy atom. The maximum absolute atomic E-state index is 14.2. The molecule has 0 saturated heterocycles. The van der Waals surface area contributed by atoms with Crippen molar-refractivity contribution < 1.29 is 37.8 Å². The van der Waals surface area contributed by atoms with Crippen LogP contribution >= 0.6 is 15.9 Å². The van der Waals surface area contributed by atoms with Crippen molar-refractivity contribution in [3.8, 4) is 11.5 Å². The Balaban J connectivity index is 1.87. The Kier molecular flexibility index (Phi) is 10.7. The van der Waals surface area contributed by atoms with Crippen molar-refractivity contribution in [3.63, 3.8) is 0 Å². The molecule has 4 rings (SSSR count). The Morgan fingerprint density at radius 3 is 2.39 bits per heavy atom. The molecule has 0 aliphatic carbocycles. The van der Waals surface area contributed by atoms with Crippen molar-refractivity contribution in [1.29, 1.82) is 0 Å². The zero-order valence-corrected chi connectivity index (χ0v) is 30.4. The first-order valence-corrected chi connectivity index (χ1v) is 19.0. The summed E-state index contributed by atoms with van der Waals surface area (Å²) in [6.45, 7) is 16.3. The van der Waals surface area contributed by atoms with E-state index in [-0.39, 0.29) is 35.4 Å². The van der Waals surface area contributed by atoms with Crippen molar-refractivity contribution in [3.05, 3.63) is 77.0 Å². The monoisotopic (exact) mass is 714 g/mol. The SMILES string of the molecule is C=CCOC(=O)N1c2cc(OCc3cc(CBr)cc(C(=O)OC)c3)c(OC)cc2C(=O)N2C=C(C)C[C@H]2[C@@H]1O[Si](C)(C)C(C)(C)C. The van der Waals surface area contributed by atoms with E-state index >= 15 is 0 Å². The van der Waals surface area contributed by atoms with Gasteiger partial charge in [0.1, 0.15) is 13.2 Å². The fourth-order valence-corrected chi connectivity index (χ4v) is 6.78. The van der Waals surface area contributed by atoms with Crippen molar-refractivity contribution in [2.24, 2.45) is 0 Å². The van der Waals surface area contributed by atoms with Gasteiger partial charge >= 0.3 is 12.1 Å². The van der Waals surface area contributed by atoms with Gasteiger partial charge in [0.25, 0.3) is 5.91 Å². The lowest BCUT2D eigenvalue weighted by atomic mass is 10.1. The van der Waals surface area contributed by atoms with E-state index in [1.54, 1.807) is 29.2 Å². The number of anilines is 1. The summed E-state index contributed by atoms with van der Waals surface area (Å²) in [5, 5.41) is 0.341. The van der Waals surface area contributed by atoms with Crippen molar-refractivity contribution >= 4 is 47.9 Å². The predicted molar refractivity (Wildman–Crippen MR) is 182 cm³/mol. The summed E-state index contributed by atoms with van der Waals surface area (Å²) in [6, 6.07) is 8.08. The zero-order chi connectivity index (χ0) is 34.0. The fourth-order valence-electron chi connectivity index (χ4n) is 5.23. The molecular formula is C34H43BrN2O8Si. The minimum atomic E-state index is -2.50. The van der Waals surface area contributed by atoms with Gasteiger partial charge in [0, 0.05) is 17.6 Å². The van der Waals surface area contributed by atoms with E-state index in [2.05, 4.69) is 56.4 Å². The molecule has 10 nitrogen and oxygen atoms in total. The van der Waals surface area contributed by atoms with Gasteiger partial charge in [0.2, 0.25) is 0 Å². The van der Waals surface area contributed by atoms with Crippen LogP contribution in [-0.2, 0) is 25.8 Å². The molecule has 46 heavy (non-hydrogen) atoms. The number of carbonyl (C=O) groups is 3. The van der Waals surface area contributed by atoms with Crippen LogP contribution in [0.2, 0.25) is 18.1 Å². The number of nitrogens with zero attached hydrogens (tertiary/aromatic N) is 2. The molecule has 12 heteroatoms. The summed E-state index contributed by atoms with van der Waals surface area (Å²) < 4.78 is 29.5. The number of fused-ring (bicyclic) bond motifs is 2. The van der Waals surface area contributed by atoms with E-state index in [0.29, 0.717) is 34.4 Å². The first-order chi connectivity index (χ1) is 21.6. The van der Waals surface area contributed by atoms with Crippen molar-refractivity contribution in [2.75, 3.05) is 25.7 Å². The number of alkyl halides is 1. The largest absolute Gasteiger partial charge is 0.493 e. The number of ether oxygens (including phenoxy) is 4. The number of benzene rings is 2. The van der Waals surface area contributed by atoms with E-state index in [9.17, 15) is 14.4 Å². The maximum Gasteiger partial charge on any atom is 0.416 e. The van der Waals surface area contributed by atoms with Gasteiger partial charge < -0.3 is 28.3 Å². The Hall–Kier alpha value is -3.61. The van der Waals surface area contributed by atoms with Gasteiger partial charge in [0.05, 0.1) is 37.1 Å². The van der Waals surface area contributed by atoms with Crippen molar-refractivity contribution in [1.82, 2.24) is 4.90 Å². The summed E-state index contributed by atoms with van der Waals surface area (Å²) >= 11 is 3.45. The lowest BCUT2D eigenvalue weighted by Crippen LogP contribution is -2.57. The number of methoxy groups -OCH3 is 2. The van der Waals surface area contributed by atoms with E-state index in [1.807, 2.05) is 19.2 Å². The highest BCUT2D eigenvalue weighted by Crippen LogP contribution is 2.45. The van der Waals surface area contributed by atoms with Gasteiger partial charge in [-0.1, -0.05) is 61.0 Å². The normalized spacial score (nSPS) is 17.8. The predicted octanol–water partition coefficient (Wildman–Crippen LogP) is 7.56. The van der Waals surface area contributed by atoms with Crippen LogP contribution in [0.4, 0.5) is 10.5 Å². The topological polar surface area (TPSA) is 104 Å². The second kappa shape index (κ2) is 14.0. The summed E-state index contributed by atoms with van der Waals surface area (Å²) in [7, 11) is 0.310. The van der Waals surface area contributed by atoms with Gasteiger partial charge in [0.15, 0.2) is 26.0 Å². The van der Waals surface area contributed by atoms with E-state index in [1.165, 1.54) is 25.2 Å². The molecule has 2 amide bonds. The molecule has 0 unspecified atom stereocenters. The van der Waals surface area contributed by atoms with E-state index in [4.69, 9.17) is 23.4 Å². The van der Waals surface area contributed by atoms with Crippen LogP contribution < -0.4 is 14.4 Å². The van der Waals surface area contributed by atoms with Crippen LogP contribution in [0.3, 0.4) is 0 Å². The number of hydrogen-bond donors (Lipinski definition) is 0. The Bertz CT molecular complexity index is 1550. The highest BCUT2D eigenvalue weighted by Gasteiger charge is 2.50. The van der Waals surface area contributed by atoms with Crippen LogP contribution in [0.15, 0.2) is 54.8 Å². The van der Waals surface area contributed by atoms with Crippen molar-refractivity contribution in [2.45, 2.75) is 76.5 Å². The third-order valence-electron chi connectivity index (χ3n) is 8.60. The van der Waals surface area contributed by atoms with Crippen LogP contribution in [0.1, 0.15) is 66.0 Å². The first kappa shape index (κ1) is 35.2. The minimum Gasteiger partial charge on any atom is -0.493 e. The summed E-state index contributed by atoms with van der Waals surface area (Å²) in [5.41, 5.74) is 3.49. The smallest absolute Gasteiger partial charge is 0.416 e. The van der Waals surface area contributed by atoms with Crippen LogP contribution in [0.25, 0.3) is 0 Å². The highest BCUT2D eigenvalue weighted by atomic mass is 79.9. The zero-order valence-electron chi connectivity index (χ0n) is 27.8. The highest BCUT2D eigenvalue weighted by molar-refractivity contribution is 9.08. The molecule has 2 aromatic rings. The molecule has 248 valence electrons. The van der Waals surface area contributed by atoms with Crippen LogP contribution in [0, 0.1) is 0 Å². The fraction of sp³-hybridized carbons (Fsp3) is 0.441. The number of amides is 2. The third kappa shape index (κ3) is 7.18. The van der Waals surface area contributed by atoms with Gasteiger partial charge in [-0.05, 0) is 60.8 Å². The second-order valence-electron chi connectivity index (χ2n) is 12.9. The van der Waals surface area contributed by atoms with Gasteiger partial charge in [-0.2, -0.15) is 0 Å². The lowest BCUT2D eigenvalue weighted by Gasteiger charge is -2.44. The number of halogens is 1. The van der Waals surface area contributed by atoms with Crippen LogP contribution in [-0.4, -0.2) is 64.3 Å². The molecule has 0 radical (unpaired) electrons. The van der Waals surface area contributed by atoms with Gasteiger partial charge in [-0.3, -0.25) is 4.79 Å². The summed E-state index contributed by atoms with van der Waals surface area (Å²) in [4.78, 5) is 43.6. The quantitative estimate of drug-likeness (QED) is 0.108. The molecule has 0 bridgehead atoms. The molecule has 0 N–H and O–H groups in total. The molecular weight excluding hydrogens is 672 g/mol. The first-order valence-electron chi connectivity index (χ1n) is 15.0. The molecule has 2 heterocycles. The number of rotatable bonds is 10. The molecule has 0 fully saturated rings. The van der Waals surface area contributed by atoms with Crippen LogP contribution in [0.5, 0.6) is 11.5 Å². The molecule has 0 spiro atoms. The maximum atomic E-state index is 14.2.